The van der Waals surface area contributed by atoms with Crippen molar-refractivity contribution in [3.8, 4) is 5.88 Å². The number of nitro groups is 1. The van der Waals surface area contributed by atoms with Crippen LogP contribution >= 0.6 is 0 Å². The minimum atomic E-state index is -0.574. The molecule has 3 aromatic rings. The average Bonchev–Trinajstić information content (AvgIpc) is 2.67. The summed E-state index contributed by atoms with van der Waals surface area (Å²) in [5.74, 6) is -0.0758. The minimum Gasteiger partial charge on any atom is -0.476 e. The van der Waals surface area contributed by atoms with Crippen molar-refractivity contribution >= 4 is 22.9 Å². The van der Waals surface area contributed by atoms with Crippen molar-refractivity contribution in [2.45, 2.75) is 0 Å². The predicted molar refractivity (Wildman–Crippen MR) is 93.9 cm³/mol. The molecule has 3 rings (SSSR count). The number of para-hydroxylation sites is 2. The van der Waals surface area contributed by atoms with Gasteiger partial charge >= 0.3 is 5.69 Å². The first-order valence-electron chi connectivity index (χ1n) is 7.41. The van der Waals surface area contributed by atoms with E-state index >= 15 is 0 Å². The van der Waals surface area contributed by atoms with Gasteiger partial charge in [-0.3, -0.25) is 20.5 Å². The third-order valence-electron chi connectivity index (χ3n) is 3.41. The van der Waals surface area contributed by atoms with Crippen LogP contribution in [0.15, 0.2) is 67.0 Å². The number of rotatable bonds is 6. The van der Waals surface area contributed by atoms with Crippen molar-refractivity contribution in [1.29, 1.82) is 0 Å². The molecule has 8 nitrogen and oxygen atoms in total. The fourth-order valence-electron chi connectivity index (χ4n) is 2.30. The summed E-state index contributed by atoms with van der Waals surface area (Å²) in [7, 11) is 1.32. The summed E-state index contributed by atoms with van der Waals surface area (Å²) in [5, 5.41) is 13.1. The van der Waals surface area contributed by atoms with E-state index in [0.717, 1.165) is 11.4 Å². The molecular weight excluding hydrogens is 322 g/mol. The molecule has 0 fully saturated rings. The zero-order chi connectivity index (χ0) is 17.6. The molecule has 25 heavy (non-hydrogen) atoms. The van der Waals surface area contributed by atoms with Gasteiger partial charge in [-0.25, -0.2) is 4.98 Å². The zero-order valence-electron chi connectivity index (χ0n) is 13.4. The van der Waals surface area contributed by atoms with Crippen LogP contribution in [0.4, 0.5) is 22.9 Å². The molecular formula is C17H15N5O3. The van der Waals surface area contributed by atoms with Crippen LogP contribution in [-0.2, 0) is 0 Å². The smallest absolute Gasteiger partial charge is 0.374 e. The highest BCUT2D eigenvalue weighted by Crippen LogP contribution is 2.33. The lowest BCUT2D eigenvalue weighted by Crippen LogP contribution is -2.25. The van der Waals surface area contributed by atoms with E-state index in [1.807, 2.05) is 60.7 Å². The van der Waals surface area contributed by atoms with Gasteiger partial charge in [0.15, 0.2) is 0 Å². The number of hydrogen-bond donors (Lipinski definition) is 1. The Morgan fingerprint density at radius 2 is 1.56 bits per heavy atom. The van der Waals surface area contributed by atoms with Crippen LogP contribution in [0.3, 0.4) is 0 Å². The van der Waals surface area contributed by atoms with Crippen LogP contribution in [0.5, 0.6) is 5.88 Å². The molecule has 0 amide bonds. The number of anilines is 3. The number of hydrogen-bond acceptors (Lipinski definition) is 7. The molecule has 2 aromatic carbocycles. The molecule has 0 saturated carbocycles. The first-order chi connectivity index (χ1) is 12.2. The number of nitrogens with zero attached hydrogens (tertiary/aromatic N) is 4. The van der Waals surface area contributed by atoms with Gasteiger partial charge in [-0.15, -0.1) is 0 Å². The summed E-state index contributed by atoms with van der Waals surface area (Å²) < 4.78 is 4.99. The SMILES string of the molecule is COc1ncnc(NN(c2ccccc2)c2ccccc2)c1[N+](=O)[O-]. The standard InChI is InChI=1S/C17H15N5O3/c1-25-17-15(22(23)24)16(18-12-19-17)20-21(13-8-4-2-5-9-13)14-10-6-3-7-11-14/h2-12H,1H3,(H,18,19,20). The average molecular weight is 337 g/mol. The molecule has 0 aliphatic heterocycles. The Kier molecular flexibility index (Phi) is 4.70. The van der Waals surface area contributed by atoms with Crippen LogP contribution in [0.2, 0.25) is 0 Å². The summed E-state index contributed by atoms with van der Waals surface area (Å²) in [6.07, 6.45) is 1.21. The van der Waals surface area contributed by atoms with Crippen LogP contribution in [-0.4, -0.2) is 22.0 Å². The zero-order valence-corrected chi connectivity index (χ0v) is 13.4. The van der Waals surface area contributed by atoms with Crippen molar-refractivity contribution in [1.82, 2.24) is 9.97 Å². The highest BCUT2D eigenvalue weighted by atomic mass is 16.6. The van der Waals surface area contributed by atoms with E-state index in [2.05, 4.69) is 15.4 Å². The lowest BCUT2D eigenvalue weighted by molar-refractivity contribution is -0.385. The Labute approximate surface area is 143 Å². The van der Waals surface area contributed by atoms with Crippen LogP contribution in [0.25, 0.3) is 0 Å². The Bertz CT molecular complexity index is 819. The van der Waals surface area contributed by atoms with E-state index in [9.17, 15) is 10.1 Å². The number of methoxy groups -OCH3 is 1. The van der Waals surface area contributed by atoms with Crippen LogP contribution in [0, 0.1) is 10.1 Å². The fraction of sp³-hybridized carbons (Fsp3) is 0.0588. The summed E-state index contributed by atoms with van der Waals surface area (Å²) in [4.78, 5) is 18.7. The van der Waals surface area contributed by atoms with E-state index in [-0.39, 0.29) is 17.4 Å². The molecule has 0 aliphatic rings. The first-order valence-corrected chi connectivity index (χ1v) is 7.41. The predicted octanol–water partition coefficient (Wildman–Crippen LogP) is 3.56. The molecule has 0 radical (unpaired) electrons. The number of aromatic nitrogens is 2. The lowest BCUT2D eigenvalue weighted by atomic mass is 10.2. The molecule has 0 atom stereocenters. The van der Waals surface area contributed by atoms with Crippen molar-refractivity contribution in [3.05, 3.63) is 77.1 Å². The molecule has 0 bridgehead atoms. The second-order valence-corrected chi connectivity index (χ2v) is 4.96. The number of nitrogens with one attached hydrogen (secondary N) is 1. The van der Waals surface area contributed by atoms with Crippen molar-refractivity contribution in [2.24, 2.45) is 0 Å². The highest BCUT2D eigenvalue weighted by molar-refractivity contribution is 5.71. The van der Waals surface area contributed by atoms with Crippen molar-refractivity contribution in [3.63, 3.8) is 0 Å². The second-order valence-electron chi connectivity index (χ2n) is 4.96. The largest absolute Gasteiger partial charge is 0.476 e. The Hall–Kier alpha value is -3.68. The molecule has 8 heteroatoms. The molecule has 0 unspecified atom stereocenters. The van der Waals surface area contributed by atoms with Gasteiger partial charge in [-0.1, -0.05) is 36.4 Å². The van der Waals surface area contributed by atoms with Crippen molar-refractivity contribution < 1.29 is 9.66 Å². The van der Waals surface area contributed by atoms with E-state index in [1.165, 1.54) is 13.4 Å². The van der Waals surface area contributed by atoms with Gasteiger partial charge in [-0.2, -0.15) is 4.98 Å². The van der Waals surface area contributed by atoms with Gasteiger partial charge in [0.05, 0.1) is 23.4 Å². The summed E-state index contributed by atoms with van der Waals surface area (Å²) in [5.41, 5.74) is 4.25. The molecule has 1 aromatic heterocycles. The number of benzene rings is 2. The van der Waals surface area contributed by atoms with Gasteiger partial charge in [0.1, 0.15) is 6.33 Å². The quantitative estimate of drug-likeness (QED) is 0.543. The third-order valence-corrected chi connectivity index (χ3v) is 3.41. The van der Waals surface area contributed by atoms with Crippen LogP contribution in [0.1, 0.15) is 0 Å². The van der Waals surface area contributed by atoms with Crippen molar-refractivity contribution in [2.75, 3.05) is 17.5 Å². The highest BCUT2D eigenvalue weighted by Gasteiger charge is 2.25. The van der Waals surface area contributed by atoms with Gasteiger partial charge < -0.3 is 4.74 Å². The van der Waals surface area contributed by atoms with E-state index in [0.29, 0.717) is 0 Å². The van der Waals surface area contributed by atoms with E-state index in [4.69, 9.17) is 4.74 Å². The maximum atomic E-state index is 11.4. The Morgan fingerprint density at radius 1 is 1.00 bits per heavy atom. The van der Waals surface area contributed by atoms with Gasteiger partial charge in [0, 0.05) is 0 Å². The molecule has 1 heterocycles. The Morgan fingerprint density at radius 3 is 2.04 bits per heavy atom. The lowest BCUT2D eigenvalue weighted by Gasteiger charge is -2.25. The normalized spacial score (nSPS) is 10.1. The Balaban J connectivity index is 2.07. The maximum absolute atomic E-state index is 11.4. The van der Waals surface area contributed by atoms with Gasteiger partial charge in [0.25, 0.3) is 5.88 Å². The van der Waals surface area contributed by atoms with Gasteiger partial charge in [-0.05, 0) is 24.3 Å². The number of hydrazine groups is 1. The minimum absolute atomic E-state index is 0.0320. The fourth-order valence-corrected chi connectivity index (χ4v) is 2.30. The second kappa shape index (κ2) is 7.26. The molecule has 0 aliphatic carbocycles. The summed E-state index contributed by atoms with van der Waals surface area (Å²) in [6.45, 7) is 0. The maximum Gasteiger partial charge on any atom is 0.374 e. The van der Waals surface area contributed by atoms with Crippen LogP contribution < -0.4 is 15.2 Å². The molecule has 126 valence electrons. The molecule has 0 spiro atoms. The summed E-state index contributed by atoms with van der Waals surface area (Å²) in [6, 6.07) is 18.8. The van der Waals surface area contributed by atoms with E-state index in [1.54, 1.807) is 5.01 Å². The number of ether oxygens (including phenoxy) is 1. The van der Waals surface area contributed by atoms with Gasteiger partial charge in [0.2, 0.25) is 5.82 Å². The topological polar surface area (TPSA) is 93.4 Å². The first kappa shape index (κ1) is 16.2. The molecule has 1 N–H and O–H groups in total. The third kappa shape index (κ3) is 3.47. The molecule has 0 saturated heterocycles. The van der Waals surface area contributed by atoms with E-state index < -0.39 is 4.92 Å². The monoisotopic (exact) mass is 337 g/mol. The summed E-state index contributed by atoms with van der Waals surface area (Å²) >= 11 is 0.